The number of carbonyl (C=O) groups excluding carboxylic acids is 1. The Hall–Kier alpha value is -1.85. The van der Waals surface area contributed by atoms with Gasteiger partial charge in [0.1, 0.15) is 18.0 Å². The summed E-state index contributed by atoms with van der Waals surface area (Å²) in [6.07, 6.45) is 8.28. The largest absolute Gasteiger partial charge is 0.370 e. The van der Waals surface area contributed by atoms with E-state index in [1.54, 1.807) is 6.33 Å². The first-order chi connectivity index (χ1) is 11.3. The highest BCUT2D eigenvalue weighted by molar-refractivity contribution is 5.78. The maximum atomic E-state index is 12.0. The number of piperidine rings is 1. The van der Waals surface area contributed by atoms with Gasteiger partial charge in [-0.1, -0.05) is 0 Å². The molecule has 2 saturated heterocycles. The maximum absolute atomic E-state index is 12.0. The third-order valence-corrected chi connectivity index (χ3v) is 5.19. The smallest absolute Gasteiger partial charge is 0.222 e. The van der Waals surface area contributed by atoms with Crippen molar-refractivity contribution in [2.45, 2.75) is 44.6 Å². The zero-order valence-electron chi connectivity index (χ0n) is 13.6. The van der Waals surface area contributed by atoms with Crippen LogP contribution in [0.4, 0.5) is 11.6 Å². The van der Waals surface area contributed by atoms with Gasteiger partial charge in [-0.15, -0.1) is 0 Å². The summed E-state index contributed by atoms with van der Waals surface area (Å²) in [5, 5.41) is 3.42. The van der Waals surface area contributed by atoms with E-state index in [0.717, 1.165) is 69.4 Å². The van der Waals surface area contributed by atoms with E-state index < -0.39 is 0 Å². The van der Waals surface area contributed by atoms with Crippen molar-refractivity contribution in [2.75, 3.05) is 36.4 Å². The molecule has 23 heavy (non-hydrogen) atoms. The van der Waals surface area contributed by atoms with Crippen molar-refractivity contribution >= 4 is 17.5 Å². The SMILES string of the molecule is O=C1CCCN1[C@@H]1CCCN(c2cc(NCC3CC3)ncn2)C1. The Kier molecular flexibility index (Phi) is 4.06. The molecule has 6 nitrogen and oxygen atoms in total. The van der Waals surface area contributed by atoms with Gasteiger partial charge in [0, 0.05) is 44.7 Å². The fraction of sp³-hybridized carbons (Fsp3) is 0.706. The molecular formula is C17H25N5O. The third kappa shape index (κ3) is 3.41. The van der Waals surface area contributed by atoms with E-state index in [-0.39, 0.29) is 0 Å². The van der Waals surface area contributed by atoms with Crippen molar-refractivity contribution in [3.05, 3.63) is 12.4 Å². The minimum absolute atomic E-state index is 0.325. The Morgan fingerprint density at radius 3 is 2.87 bits per heavy atom. The highest BCUT2D eigenvalue weighted by Gasteiger charge is 2.31. The second kappa shape index (κ2) is 6.34. The predicted molar refractivity (Wildman–Crippen MR) is 89.4 cm³/mol. The summed E-state index contributed by atoms with van der Waals surface area (Å²) in [5.41, 5.74) is 0. The molecular weight excluding hydrogens is 290 g/mol. The first kappa shape index (κ1) is 14.7. The Labute approximate surface area is 137 Å². The molecule has 0 aromatic carbocycles. The van der Waals surface area contributed by atoms with Crippen LogP contribution < -0.4 is 10.2 Å². The van der Waals surface area contributed by atoms with Crippen molar-refractivity contribution < 1.29 is 4.79 Å². The number of nitrogens with one attached hydrogen (secondary N) is 1. The number of amides is 1. The summed E-state index contributed by atoms with van der Waals surface area (Å²) in [4.78, 5) is 25.2. The van der Waals surface area contributed by atoms with Gasteiger partial charge in [0.15, 0.2) is 0 Å². The standard InChI is InChI=1S/C17H25N5O/c23-17-4-2-8-22(17)14-3-1-7-21(11-14)16-9-15(19-12-20-16)18-10-13-5-6-13/h9,12-14H,1-8,10-11H2,(H,18,19,20)/t14-/m1/s1. The van der Waals surface area contributed by atoms with Crippen LogP contribution in [0.3, 0.4) is 0 Å². The van der Waals surface area contributed by atoms with Crippen LogP contribution in [0.25, 0.3) is 0 Å². The molecule has 0 unspecified atom stereocenters. The van der Waals surface area contributed by atoms with E-state index in [0.29, 0.717) is 11.9 Å². The van der Waals surface area contributed by atoms with Crippen molar-refractivity contribution in [3.8, 4) is 0 Å². The average Bonchev–Trinajstić information content (AvgIpc) is 3.33. The number of carbonyl (C=O) groups is 1. The van der Waals surface area contributed by atoms with Crippen molar-refractivity contribution in [1.82, 2.24) is 14.9 Å². The van der Waals surface area contributed by atoms with Gasteiger partial charge in [0.25, 0.3) is 0 Å². The van der Waals surface area contributed by atoms with Crippen LogP contribution in [0.2, 0.25) is 0 Å². The van der Waals surface area contributed by atoms with Gasteiger partial charge in [0.2, 0.25) is 5.91 Å². The first-order valence-electron chi connectivity index (χ1n) is 8.90. The van der Waals surface area contributed by atoms with Crippen LogP contribution in [0.5, 0.6) is 0 Å². The van der Waals surface area contributed by atoms with Gasteiger partial charge >= 0.3 is 0 Å². The fourth-order valence-electron chi connectivity index (χ4n) is 3.66. The Bertz CT molecular complexity index is 574. The van der Waals surface area contributed by atoms with E-state index in [9.17, 15) is 4.79 Å². The highest BCUT2D eigenvalue weighted by Crippen LogP contribution is 2.29. The van der Waals surface area contributed by atoms with E-state index in [1.165, 1.54) is 12.8 Å². The van der Waals surface area contributed by atoms with E-state index in [4.69, 9.17) is 0 Å². The van der Waals surface area contributed by atoms with Gasteiger partial charge < -0.3 is 15.1 Å². The summed E-state index contributed by atoms with van der Waals surface area (Å²) in [6.45, 7) is 3.85. The molecule has 1 N–H and O–H groups in total. The average molecular weight is 315 g/mol. The molecule has 2 aliphatic heterocycles. The first-order valence-corrected chi connectivity index (χ1v) is 8.90. The maximum Gasteiger partial charge on any atom is 0.222 e. The summed E-state index contributed by atoms with van der Waals surface area (Å²) in [6, 6.07) is 2.40. The zero-order chi connectivity index (χ0) is 15.6. The molecule has 1 aromatic heterocycles. The molecule has 1 amide bonds. The molecule has 0 spiro atoms. The van der Waals surface area contributed by atoms with Crippen LogP contribution in [0.15, 0.2) is 12.4 Å². The predicted octanol–water partition coefficient (Wildman–Crippen LogP) is 1.89. The number of likely N-dealkylation sites (tertiary alicyclic amines) is 1. The van der Waals surface area contributed by atoms with Crippen molar-refractivity contribution in [1.29, 1.82) is 0 Å². The number of rotatable bonds is 5. The Balaban J connectivity index is 1.42. The number of nitrogens with zero attached hydrogens (tertiary/aromatic N) is 4. The summed E-state index contributed by atoms with van der Waals surface area (Å²) in [5.74, 6) is 3.05. The third-order valence-electron chi connectivity index (χ3n) is 5.19. The minimum Gasteiger partial charge on any atom is -0.370 e. The van der Waals surface area contributed by atoms with Crippen LogP contribution in [0.1, 0.15) is 38.5 Å². The van der Waals surface area contributed by atoms with E-state index >= 15 is 0 Å². The molecule has 3 aliphatic rings. The second-order valence-electron chi connectivity index (χ2n) is 7.02. The molecule has 6 heteroatoms. The monoisotopic (exact) mass is 315 g/mol. The number of anilines is 2. The molecule has 4 rings (SSSR count). The normalized spacial score (nSPS) is 25.0. The fourth-order valence-corrected chi connectivity index (χ4v) is 3.66. The van der Waals surface area contributed by atoms with E-state index in [1.807, 2.05) is 0 Å². The minimum atomic E-state index is 0.325. The van der Waals surface area contributed by atoms with E-state index in [2.05, 4.69) is 31.2 Å². The lowest BCUT2D eigenvalue weighted by molar-refractivity contribution is -0.129. The lowest BCUT2D eigenvalue weighted by atomic mass is 10.0. The molecule has 0 bridgehead atoms. The van der Waals surface area contributed by atoms with Crippen LogP contribution >= 0.6 is 0 Å². The van der Waals surface area contributed by atoms with Gasteiger partial charge in [-0.25, -0.2) is 9.97 Å². The van der Waals surface area contributed by atoms with Gasteiger partial charge in [-0.3, -0.25) is 4.79 Å². The molecule has 1 atom stereocenters. The molecule has 124 valence electrons. The van der Waals surface area contributed by atoms with Crippen LogP contribution in [-0.2, 0) is 4.79 Å². The summed E-state index contributed by atoms with van der Waals surface area (Å²) < 4.78 is 0. The highest BCUT2D eigenvalue weighted by atomic mass is 16.2. The summed E-state index contributed by atoms with van der Waals surface area (Å²) in [7, 11) is 0. The molecule has 0 radical (unpaired) electrons. The quantitative estimate of drug-likeness (QED) is 0.899. The molecule has 1 aliphatic carbocycles. The van der Waals surface area contributed by atoms with Gasteiger partial charge in [0.05, 0.1) is 0 Å². The van der Waals surface area contributed by atoms with Gasteiger partial charge in [-0.05, 0) is 38.0 Å². The number of hydrogen-bond donors (Lipinski definition) is 1. The number of hydrogen-bond acceptors (Lipinski definition) is 5. The second-order valence-corrected chi connectivity index (χ2v) is 7.02. The Morgan fingerprint density at radius 2 is 2.09 bits per heavy atom. The van der Waals surface area contributed by atoms with Crippen LogP contribution in [-0.4, -0.2) is 53.0 Å². The topological polar surface area (TPSA) is 61.4 Å². The molecule has 3 fully saturated rings. The Morgan fingerprint density at radius 1 is 1.17 bits per heavy atom. The van der Waals surface area contributed by atoms with Crippen molar-refractivity contribution in [3.63, 3.8) is 0 Å². The van der Waals surface area contributed by atoms with Crippen LogP contribution in [0, 0.1) is 5.92 Å². The lowest BCUT2D eigenvalue weighted by Crippen LogP contribution is -2.48. The van der Waals surface area contributed by atoms with Crippen molar-refractivity contribution in [2.24, 2.45) is 5.92 Å². The molecule has 3 heterocycles. The zero-order valence-corrected chi connectivity index (χ0v) is 13.6. The summed E-state index contributed by atoms with van der Waals surface area (Å²) >= 11 is 0. The van der Waals surface area contributed by atoms with Gasteiger partial charge in [-0.2, -0.15) is 0 Å². The number of aromatic nitrogens is 2. The molecule has 1 aromatic rings. The molecule has 1 saturated carbocycles. The lowest BCUT2D eigenvalue weighted by Gasteiger charge is -2.38.